The molecule has 2 aliphatic carbocycles. The Bertz CT molecular complexity index is 2350. The topological polar surface area (TPSA) is 212 Å². The van der Waals surface area contributed by atoms with E-state index in [1.807, 2.05) is 30.4 Å². The van der Waals surface area contributed by atoms with Crippen LogP contribution in [0.25, 0.3) is 33.7 Å². The first kappa shape index (κ1) is 38.4. The standard InChI is InChI=1S/C40H46N6O10S/c1-39(2,3)56-38(50)41-27-14-8-6-4-5-7-12-23-21-40(23,37(49)45-57(51,52)25-17-18-25)44-34(47)28-20-24(22-46(28)36(27)48)54-35-32-31(26-13-9-10-15-29(26)55-32)42-33(43-35)30-16-11-19-53-30/h7,9-13,15-16,19,23-25,27-28H,4-6,8,14,17-18,20-22H2,1-3H3,(H,41,50)(H,44,47)(H,45,49)/b12-7-/t23-,24-,27+,28+,40-/m1/s1. The van der Waals surface area contributed by atoms with Gasteiger partial charge in [0.15, 0.2) is 11.6 Å². The van der Waals surface area contributed by atoms with Gasteiger partial charge in [-0.15, -0.1) is 0 Å². The van der Waals surface area contributed by atoms with Crippen LogP contribution in [0.5, 0.6) is 5.88 Å². The third-order valence-electron chi connectivity index (χ3n) is 10.7. The fourth-order valence-corrected chi connectivity index (χ4v) is 8.98. The molecule has 4 amide bonds. The molecule has 57 heavy (non-hydrogen) atoms. The Morgan fingerprint density at radius 2 is 1.84 bits per heavy atom. The molecule has 17 heteroatoms. The van der Waals surface area contributed by atoms with Crippen LogP contribution in [0.3, 0.4) is 0 Å². The van der Waals surface area contributed by atoms with E-state index in [0.717, 1.165) is 18.2 Å². The number of para-hydroxylation sites is 1. The van der Waals surface area contributed by atoms with Gasteiger partial charge >= 0.3 is 6.09 Å². The number of nitrogens with one attached hydrogen (secondary N) is 3. The molecule has 1 saturated heterocycles. The summed E-state index contributed by atoms with van der Waals surface area (Å²) in [5.41, 5.74) is -1.08. The highest BCUT2D eigenvalue weighted by atomic mass is 32.2. The number of benzene rings is 1. The van der Waals surface area contributed by atoms with Crippen molar-refractivity contribution < 1.29 is 45.9 Å². The number of nitrogens with zero attached hydrogens (tertiary/aromatic N) is 3. The van der Waals surface area contributed by atoms with E-state index in [9.17, 15) is 27.6 Å². The zero-order valence-corrected chi connectivity index (χ0v) is 32.8. The van der Waals surface area contributed by atoms with Crippen molar-refractivity contribution in [1.29, 1.82) is 0 Å². The minimum absolute atomic E-state index is 0.0306. The number of alkyl carbamates (subject to hydrolysis) is 1. The fraction of sp³-hybridized carbons (Fsp3) is 0.500. The molecule has 16 nitrogen and oxygen atoms in total. The van der Waals surface area contributed by atoms with E-state index >= 15 is 0 Å². The Kier molecular flexibility index (Phi) is 9.98. The van der Waals surface area contributed by atoms with E-state index in [4.69, 9.17) is 23.3 Å². The van der Waals surface area contributed by atoms with Crippen molar-refractivity contribution in [1.82, 2.24) is 30.2 Å². The Morgan fingerprint density at radius 3 is 2.60 bits per heavy atom. The molecule has 3 fully saturated rings. The summed E-state index contributed by atoms with van der Waals surface area (Å²) >= 11 is 0. The molecule has 8 rings (SSSR count). The number of allylic oxidation sites excluding steroid dienone is 1. The molecule has 0 unspecified atom stereocenters. The number of rotatable bonds is 7. The molecular formula is C40H46N6O10S. The van der Waals surface area contributed by atoms with Crippen molar-refractivity contribution in [3.8, 4) is 17.5 Å². The van der Waals surface area contributed by atoms with Gasteiger partial charge in [-0.25, -0.2) is 18.2 Å². The smallest absolute Gasteiger partial charge is 0.408 e. The number of carbonyl (C=O) groups excluding carboxylic acids is 4. The summed E-state index contributed by atoms with van der Waals surface area (Å²) in [6, 6.07) is 8.54. The van der Waals surface area contributed by atoms with Crippen molar-refractivity contribution in [3.05, 3.63) is 54.8 Å². The summed E-state index contributed by atoms with van der Waals surface area (Å²) in [5.74, 6) is -1.77. The highest BCUT2D eigenvalue weighted by molar-refractivity contribution is 7.91. The molecule has 0 radical (unpaired) electrons. The van der Waals surface area contributed by atoms with Gasteiger partial charge in [0, 0.05) is 17.7 Å². The number of furan rings is 2. The molecule has 4 aromatic rings. The quantitative estimate of drug-likeness (QED) is 0.214. The van der Waals surface area contributed by atoms with Crippen LogP contribution in [0.1, 0.15) is 78.6 Å². The number of carbonyl (C=O) groups is 4. The summed E-state index contributed by atoms with van der Waals surface area (Å²) in [5, 5.41) is 5.69. The van der Waals surface area contributed by atoms with Gasteiger partial charge in [0.25, 0.3) is 11.8 Å². The van der Waals surface area contributed by atoms with Crippen molar-refractivity contribution in [2.45, 2.75) is 113 Å². The lowest BCUT2D eigenvalue weighted by Gasteiger charge is -2.30. The van der Waals surface area contributed by atoms with Crippen LogP contribution in [-0.2, 0) is 29.1 Å². The lowest BCUT2D eigenvalue weighted by Crippen LogP contribution is -2.58. The van der Waals surface area contributed by atoms with E-state index in [-0.39, 0.29) is 43.1 Å². The van der Waals surface area contributed by atoms with E-state index in [0.29, 0.717) is 42.5 Å². The summed E-state index contributed by atoms with van der Waals surface area (Å²) in [4.78, 5) is 66.7. The molecule has 0 bridgehead atoms. The molecule has 0 spiro atoms. The van der Waals surface area contributed by atoms with Gasteiger partial charge < -0.3 is 33.8 Å². The normalized spacial score (nSPS) is 26.4. The van der Waals surface area contributed by atoms with Gasteiger partial charge in [-0.3, -0.25) is 19.1 Å². The summed E-state index contributed by atoms with van der Waals surface area (Å²) in [6.07, 6.45) is 7.83. The average Bonchev–Trinajstić information content (AvgIpc) is 3.94. The van der Waals surface area contributed by atoms with E-state index in [1.165, 1.54) is 11.2 Å². The van der Waals surface area contributed by atoms with Crippen molar-refractivity contribution >= 4 is 55.9 Å². The van der Waals surface area contributed by atoms with Gasteiger partial charge in [-0.05, 0) is 83.6 Å². The van der Waals surface area contributed by atoms with Crippen LogP contribution in [0, 0.1) is 5.92 Å². The van der Waals surface area contributed by atoms with E-state index in [1.54, 1.807) is 39.0 Å². The molecular weight excluding hydrogens is 757 g/mol. The largest absolute Gasteiger partial charge is 0.470 e. The lowest BCUT2D eigenvalue weighted by atomic mass is 10.0. The Balaban J connectivity index is 1.14. The minimum atomic E-state index is -3.92. The fourth-order valence-electron chi connectivity index (χ4n) is 7.62. The highest BCUT2D eigenvalue weighted by Gasteiger charge is 2.62. The van der Waals surface area contributed by atoms with Gasteiger partial charge in [-0.2, -0.15) is 4.98 Å². The van der Waals surface area contributed by atoms with Gasteiger partial charge in [0.2, 0.25) is 27.4 Å². The summed E-state index contributed by atoms with van der Waals surface area (Å²) in [7, 11) is -3.92. The maximum Gasteiger partial charge on any atom is 0.408 e. The highest BCUT2D eigenvalue weighted by Crippen LogP contribution is 2.46. The first-order chi connectivity index (χ1) is 27.2. The van der Waals surface area contributed by atoms with Crippen molar-refractivity contribution in [3.63, 3.8) is 0 Å². The van der Waals surface area contributed by atoms with Gasteiger partial charge in [0.05, 0.1) is 18.1 Å². The van der Waals surface area contributed by atoms with E-state index < -0.39 is 74.3 Å². The maximum atomic E-state index is 14.6. The molecule has 1 aromatic carbocycles. The van der Waals surface area contributed by atoms with Crippen LogP contribution in [0.2, 0.25) is 0 Å². The predicted octanol–water partition coefficient (Wildman–Crippen LogP) is 4.88. The van der Waals surface area contributed by atoms with E-state index in [2.05, 4.69) is 20.3 Å². The SMILES string of the molecule is CC(C)(C)OC(=O)N[C@H]1CCCCC/C=C\[C@@H]2C[C@@]2(C(=O)NS(=O)(=O)C2CC2)NC(=O)[C@@H]2C[C@@H](Oc3nc(-c4ccco4)nc4c3oc3ccccc34)CN2C1=O. The first-order valence-electron chi connectivity index (χ1n) is 19.5. The third-order valence-corrected chi connectivity index (χ3v) is 12.6. The molecule has 5 heterocycles. The second kappa shape index (κ2) is 14.8. The predicted molar refractivity (Wildman–Crippen MR) is 206 cm³/mol. The molecule has 302 valence electrons. The Morgan fingerprint density at radius 1 is 1.04 bits per heavy atom. The Hall–Kier alpha value is -5.45. The number of fused-ring (bicyclic) bond motifs is 5. The molecule has 2 saturated carbocycles. The average molecular weight is 803 g/mol. The lowest BCUT2D eigenvalue weighted by molar-refractivity contribution is -0.141. The first-order valence-corrected chi connectivity index (χ1v) is 21.0. The van der Waals surface area contributed by atoms with Crippen LogP contribution in [0.4, 0.5) is 4.79 Å². The second-order valence-electron chi connectivity index (χ2n) is 16.3. The second-order valence-corrected chi connectivity index (χ2v) is 18.3. The molecule has 3 N–H and O–H groups in total. The molecule has 4 aliphatic rings. The number of amides is 4. The molecule has 5 atom stereocenters. The number of sulfonamides is 1. The number of hydrogen-bond acceptors (Lipinski definition) is 12. The van der Waals surface area contributed by atoms with Gasteiger partial charge in [-0.1, -0.05) is 37.1 Å². The van der Waals surface area contributed by atoms with Crippen molar-refractivity contribution in [2.75, 3.05) is 6.54 Å². The van der Waals surface area contributed by atoms with Crippen molar-refractivity contribution in [2.24, 2.45) is 5.92 Å². The summed E-state index contributed by atoms with van der Waals surface area (Å²) in [6.45, 7) is 5.07. The number of aromatic nitrogens is 2. The zero-order valence-electron chi connectivity index (χ0n) is 32.0. The van der Waals surface area contributed by atoms with Crippen LogP contribution >= 0.6 is 0 Å². The monoisotopic (exact) mass is 802 g/mol. The third kappa shape index (κ3) is 8.06. The minimum Gasteiger partial charge on any atom is -0.470 e. The van der Waals surface area contributed by atoms with Crippen LogP contribution < -0.4 is 20.1 Å². The number of ether oxygens (including phenoxy) is 2. The van der Waals surface area contributed by atoms with Crippen LogP contribution in [0.15, 0.2) is 63.6 Å². The molecule has 3 aromatic heterocycles. The Labute approximate surface area is 329 Å². The number of hydrogen-bond donors (Lipinski definition) is 3. The van der Waals surface area contributed by atoms with Gasteiger partial charge in [0.1, 0.15) is 40.4 Å². The maximum absolute atomic E-state index is 14.6. The zero-order chi connectivity index (χ0) is 40.1. The van der Waals surface area contributed by atoms with Crippen LogP contribution in [-0.4, -0.2) is 88.2 Å². The summed E-state index contributed by atoms with van der Waals surface area (Å²) < 4.78 is 51.9. The molecule has 2 aliphatic heterocycles.